The van der Waals surface area contributed by atoms with Crippen LogP contribution in [0.5, 0.6) is 0 Å². The molecule has 1 aliphatic heterocycles. The van der Waals surface area contributed by atoms with Crippen LogP contribution in [-0.4, -0.2) is 28.1 Å². The van der Waals surface area contributed by atoms with E-state index in [1.807, 2.05) is 53.4 Å². The van der Waals surface area contributed by atoms with Crippen molar-refractivity contribution in [3.63, 3.8) is 0 Å². The average Bonchev–Trinajstić information content (AvgIpc) is 3.06. The lowest BCUT2D eigenvalue weighted by atomic mass is 9.81. The van der Waals surface area contributed by atoms with Gasteiger partial charge in [0.15, 0.2) is 5.78 Å². The molecule has 6 rings (SSSR count). The maximum atomic E-state index is 13.2. The number of nitrogens with zero attached hydrogens (tertiary/aromatic N) is 1. The lowest BCUT2D eigenvalue weighted by molar-refractivity contribution is 0.0806. The van der Waals surface area contributed by atoms with Crippen LogP contribution in [0.15, 0.2) is 66.4 Å². The number of rotatable bonds is 1. The Morgan fingerprint density at radius 2 is 1.92 bits per heavy atom. The van der Waals surface area contributed by atoms with Gasteiger partial charge in [-0.3, -0.25) is 9.59 Å². The first-order valence-electron chi connectivity index (χ1n) is 8.94. The van der Waals surface area contributed by atoms with Crippen molar-refractivity contribution in [2.75, 3.05) is 6.54 Å². The van der Waals surface area contributed by atoms with E-state index in [0.29, 0.717) is 18.2 Å². The number of benzene rings is 2. The molecule has 1 saturated heterocycles. The van der Waals surface area contributed by atoms with Crippen LogP contribution in [0.25, 0.3) is 10.9 Å². The SMILES string of the molecule is O=C1C=C2N(C(=O)c3cc4ccccc4[nH]3)CC3C[C@@]23c2ccccc21. The van der Waals surface area contributed by atoms with Crippen LogP contribution in [0.1, 0.15) is 32.8 Å². The Kier molecular flexibility index (Phi) is 2.45. The van der Waals surface area contributed by atoms with Gasteiger partial charge in [0.25, 0.3) is 5.91 Å². The Morgan fingerprint density at radius 1 is 1.12 bits per heavy atom. The molecule has 126 valence electrons. The van der Waals surface area contributed by atoms with Gasteiger partial charge in [-0.15, -0.1) is 0 Å². The summed E-state index contributed by atoms with van der Waals surface area (Å²) in [4.78, 5) is 30.8. The van der Waals surface area contributed by atoms with Crippen molar-refractivity contribution in [3.8, 4) is 0 Å². The van der Waals surface area contributed by atoms with Gasteiger partial charge < -0.3 is 9.88 Å². The van der Waals surface area contributed by atoms with Crippen LogP contribution in [0.4, 0.5) is 0 Å². The maximum absolute atomic E-state index is 13.2. The van der Waals surface area contributed by atoms with Crippen LogP contribution in [0.2, 0.25) is 0 Å². The number of ketones is 1. The van der Waals surface area contributed by atoms with Crippen molar-refractivity contribution >= 4 is 22.6 Å². The molecule has 0 bridgehead atoms. The van der Waals surface area contributed by atoms with Gasteiger partial charge >= 0.3 is 0 Å². The summed E-state index contributed by atoms with van der Waals surface area (Å²) in [7, 11) is 0. The minimum Gasteiger partial charge on any atom is -0.351 e. The van der Waals surface area contributed by atoms with Crippen molar-refractivity contribution in [1.29, 1.82) is 0 Å². The molecule has 2 atom stereocenters. The molecular weight excluding hydrogens is 324 g/mol. The van der Waals surface area contributed by atoms with Crippen LogP contribution in [0, 0.1) is 5.92 Å². The van der Waals surface area contributed by atoms with Gasteiger partial charge in [-0.2, -0.15) is 0 Å². The first kappa shape index (κ1) is 14.1. The Morgan fingerprint density at radius 3 is 2.81 bits per heavy atom. The molecule has 1 amide bonds. The summed E-state index contributed by atoms with van der Waals surface area (Å²) in [5, 5.41) is 1.02. The fraction of sp³-hybridized carbons (Fsp3) is 0.182. The Bertz CT molecular complexity index is 1120. The lowest BCUT2D eigenvalue weighted by Crippen LogP contribution is -2.33. The number of carbonyl (C=O) groups is 2. The predicted molar refractivity (Wildman–Crippen MR) is 98.0 cm³/mol. The van der Waals surface area contributed by atoms with Gasteiger partial charge in [0.1, 0.15) is 5.69 Å². The molecule has 2 fully saturated rings. The van der Waals surface area contributed by atoms with Gasteiger partial charge in [-0.1, -0.05) is 42.5 Å². The van der Waals surface area contributed by atoms with Crippen LogP contribution in [-0.2, 0) is 5.41 Å². The number of para-hydroxylation sites is 1. The fourth-order valence-electron chi connectivity index (χ4n) is 4.91. The van der Waals surface area contributed by atoms with Crippen LogP contribution < -0.4 is 0 Å². The van der Waals surface area contributed by atoms with Gasteiger partial charge in [-0.25, -0.2) is 0 Å². The molecule has 2 aliphatic carbocycles. The third kappa shape index (κ3) is 1.59. The number of nitrogens with one attached hydrogen (secondary N) is 1. The van der Waals surface area contributed by atoms with E-state index in [2.05, 4.69) is 11.1 Å². The third-order valence-corrected chi connectivity index (χ3v) is 6.20. The third-order valence-electron chi connectivity index (χ3n) is 6.20. The fourth-order valence-corrected chi connectivity index (χ4v) is 4.91. The van der Waals surface area contributed by atoms with Crippen molar-refractivity contribution in [2.45, 2.75) is 11.8 Å². The molecule has 2 heterocycles. The summed E-state index contributed by atoms with van der Waals surface area (Å²) in [6, 6.07) is 17.6. The zero-order valence-corrected chi connectivity index (χ0v) is 14.0. The number of H-pyrrole nitrogens is 1. The predicted octanol–water partition coefficient (Wildman–Crippen LogP) is 3.66. The summed E-state index contributed by atoms with van der Waals surface area (Å²) in [5.41, 5.74) is 4.17. The summed E-state index contributed by atoms with van der Waals surface area (Å²) in [6.45, 7) is 0.682. The Labute approximate surface area is 150 Å². The van der Waals surface area contributed by atoms with Crippen molar-refractivity contribution < 1.29 is 9.59 Å². The van der Waals surface area contributed by atoms with Crippen molar-refractivity contribution in [2.24, 2.45) is 5.92 Å². The van der Waals surface area contributed by atoms with E-state index in [-0.39, 0.29) is 17.1 Å². The standard InChI is InChI=1S/C22H16N2O2/c25-19-10-20-22(16-7-3-2-6-15(16)19)11-14(22)12-24(20)21(26)18-9-13-5-1-4-8-17(13)23-18/h1-10,14,23H,11-12H2/t14?,22-/m1/s1. The quantitative estimate of drug-likeness (QED) is 0.735. The average molecular weight is 340 g/mol. The summed E-state index contributed by atoms with van der Waals surface area (Å²) in [5.74, 6) is 0.366. The number of piperidine rings is 1. The first-order valence-corrected chi connectivity index (χ1v) is 8.94. The van der Waals surface area contributed by atoms with E-state index in [1.165, 1.54) is 0 Å². The highest BCUT2D eigenvalue weighted by molar-refractivity contribution is 6.10. The lowest BCUT2D eigenvalue weighted by Gasteiger charge is -2.29. The molecule has 4 heteroatoms. The summed E-state index contributed by atoms with van der Waals surface area (Å²) < 4.78 is 0. The molecule has 1 aromatic heterocycles. The number of aromatic nitrogens is 1. The van der Waals surface area contributed by atoms with Gasteiger partial charge in [-0.05, 0) is 30.0 Å². The normalized spacial score (nSPS) is 25.5. The molecular formula is C22H16N2O2. The molecule has 3 aliphatic rings. The largest absolute Gasteiger partial charge is 0.351 e. The van der Waals surface area contributed by atoms with Crippen LogP contribution in [0.3, 0.4) is 0 Å². The number of aromatic amines is 1. The molecule has 1 N–H and O–H groups in total. The van der Waals surface area contributed by atoms with E-state index < -0.39 is 0 Å². The molecule has 0 radical (unpaired) electrons. The molecule has 1 saturated carbocycles. The van der Waals surface area contributed by atoms with E-state index in [9.17, 15) is 9.59 Å². The van der Waals surface area contributed by atoms with E-state index in [4.69, 9.17) is 0 Å². The zero-order valence-electron chi connectivity index (χ0n) is 14.0. The molecule has 2 aromatic carbocycles. The second-order valence-corrected chi connectivity index (χ2v) is 7.50. The molecule has 3 aromatic rings. The minimum atomic E-state index is -0.133. The summed E-state index contributed by atoms with van der Waals surface area (Å²) >= 11 is 0. The Hall–Kier alpha value is -3.14. The highest BCUT2D eigenvalue weighted by Gasteiger charge is 2.67. The smallest absolute Gasteiger partial charge is 0.274 e. The number of likely N-dealkylation sites (tertiary alicyclic amines) is 1. The number of hydrogen-bond donors (Lipinski definition) is 1. The summed E-state index contributed by atoms with van der Waals surface area (Å²) in [6.07, 6.45) is 2.72. The van der Waals surface area contributed by atoms with Gasteiger partial charge in [0.05, 0.1) is 0 Å². The van der Waals surface area contributed by atoms with E-state index in [1.54, 1.807) is 6.08 Å². The Balaban J connectivity index is 1.45. The maximum Gasteiger partial charge on any atom is 0.274 e. The topological polar surface area (TPSA) is 53.2 Å². The minimum absolute atomic E-state index is 0.00298. The zero-order chi connectivity index (χ0) is 17.5. The second kappa shape index (κ2) is 4.52. The van der Waals surface area contributed by atoms with Gasteiger partial charge in [0, 0.05) is 40.2 Å². The number of allylic oxidation sites excluding steroid dienone is 2. The molecule has 4 nitrogen and oxygen atoms in total. The van der Waals surface area contributed by atoms with E-state index >= 15 is 0 Å². The van der Waals surface area contributed by atoms with E-state index in [0.717, 1.165) is 34.1 Å². The van der Waals surface area contributed by atoms with Crippen molar-refractivity contribution in [3.05, 3.63) is 83.2 Å². The molecule has 26 heavy (non-hydrogen) atoms. The van der Waals surface area contributed by atoms with Crippen LogP contribution >= 0.6 is 0 Å². The van der Waals surface area contributed by atoms with Crippen molar-refractivity contribution in [1.82, 2.24) is 9.88 Å². The number of fused-ring (bicyclic) bond motifs is 2. The highest BCUT2D eigenvalue weighted by Crippen LogP contribution is 2.66. The number of hydrogen-bond acceptors (Lipinski definition) is 2. The monoisotopic (exact) mass is 340 g/mol. The molecule has 1 spiro atoms. The van der Waals surface area contributed by atoms with Gasteiger partial charge in [0.2, 0.25) is 0 Å². The number of carbonyl (C=O) groups excluding carboxylic acids is 2. The molecule has 1 unspecified atom stereocenters. The highest BCUT2D eigenvalue weighted by atomic mass is 16.2. The first-order chi connectivity index (χ1) is 12.7. The number of amides is 1. The second-order valence-electron chi connectivity index (χ2n) is 7.50.